The third kappa shape index (κ3) is 3.62. The van der Waals surface area contributed by atoms with Gasteiger partial charge < -0.3 is 19.5 Å². The lowest BCUT2D eigenvalue weighted by Crippen LogP contribution is -2.15. The van der Waals surface area contributed by atoms with E-state index in [1.165, 1.54) is 44.6 Å². The number of amides is 1. The Kier molecular flexibility index (Phi) is 4.96. The number of carbonyl (C=O) groups excluding carboxylic acids is 1. The number of rotatable bonds is 5. The minimum absolute atomic E-state index is 0.0109. The van der Waals surface area contributed by atoms with Crippen LogP contribution in [0.15, 0.2) is 65.6 Å². The number of ether oxygens (including phenoxy) is 3. The molecule has 3 aromatic carbocycles. The Balaban J connectivity index is 1.65. The van der Waals surface area contributed by atoms with E-state index in [0.29, 0.717) is 22.9 Å². The first-order valence-corrected chi connectivity index (χ1v) is 10.4. The highest BCUT2D eigenvalue weighted by Gasteiger charge is 2.23. The number of methoxy groups -OCH3 is 2. The summed E-state index contributed by atoms with van der Waals surface area (Å²) >= 11 is 0. The quantitative estimate of drug-likeness (QED) is 0.642. The van der Waals surface area contributed by atoms with E-state index in [1.807, 2.05) is 0 Å². The molecule has 0 unspecified atom stereocenters. The molecule has 0 aliphatic carbocycles. The number of hydrogen-bond donors (Lipinski definition) is 2. The molecule has 0 saturated heterocycles. The molecule has 0 aromatic heterocycles. The molecule has 1 heterocycles. The Morgan fingerprint density at radius 2 is 1.67 bits per heavy atom. The highest BCUT2D eigenvalue weighted by molar-refractivity contribution is 7.92. The molecule has 1 aliphatic rings. The topological polar surface area (TPSA) is 103 Å². The van der Waals surface area contributed by atoms with Gasteiger partial charge in [0.15, 0.2) is 17.2 Å². The average Bonchev–Trinajstić information content (AvgIpc) is 2.88. The van der Waals surface area contributed by atoms with Crippen LogP contribution in [0.3, 0.4) is 0 Å². The minimum atomic E-state index is -3.94. The molecule has 9 heteroatoms. The minimum Gasteiger partial charge on any atom is -0.493 e. The predicted molar refractivity (Wildman–Crippen MR) is 111 cm³/mol. The van der Waals surface area contributed by atoms with Crippen LogP contribution < -0.4 is 24.2 Å². The molecule has 30 heavy (non-hydrogen) atoms. The van der Waals surface area contributed by atoms with E-state index in [-0.39, 0.29) is 21.9 Å². The fraction of sp³-hybridized carbons (Fsp3) is 0.0952. The van der Waals surface area contributed by atoms with Crippen molar-refractivity contribution in [2.45, 2.75) is 4.90 Å². The van der Waals surface area contributed by atoms with Crippen LogP contribution in [-0.2, 0) is 10.0 Å². The van der Waals surface area contributed by atoms with Crippen LogP contribution in [0.5, 0.6) is 23.0 Å². The highest BCUT2D eigenvalue weighted by Crippen LogP contribution is 2.37. The Morgan fingerprint density at radius 1 is 0.900 bits per heavy atom. The lowest BCUT2D eigenvalue weighted by Gasteiger charge is -2.13. The van der Waals surface area contributed by atoms with Gasteiger partial charge in [-0.05, 0) is 42.5 Å². The first kappa shape index (κ1) is 19.6. The van der Waals surface area contributed by atoms with E-state index >= 15 is 0 Å². The first-order valence-electron chi connectivity index (χ1n) is 8.88. The largest absolute Gasteiger partial charge is 0.493 e. The number of carbonyl (C=O) groups is 1. The van der Waals surface area contributed by atoms with Crippen molar-refractivity contribution in [2.24, 2.45) is 0 Å². The monoisotopic (exact) mass is 426 g/mol. The van der Waals surface area contributed by atoms with Gasteiger partial charge in [-0.25, -0.2) is 8.42 Å². The molecular weight excluding hydrogens is 408 g/mol. The molecule has 0 saturated carbocycles. The number of para-hydroxylation sites is 2. The summed E-state index contributed by atoms with van der Waals surface area (Å²) in [6, 6.07) is 15.8. The maximum Gasteiger partial charge on any atom is 0.262 e. The predicted octanol–water partition coefficient (Wildman–Crippen LogP) is 3.86. The second-order valence-electron chi connectivity index (χ2n) is 6.39. The number of hydrogen-bond acceptors (Lipinski definition) is 6. The van der Waals surface area contributed by atoms with Crippen molar-refractivity contribution >= 4 is 27.3 Å². The standard InChI is InChI=1S/C21H18N2O6S/c1-27-19-10-8-14(12-20(19)28-2)30(25,26)23-13-7-9-17-15(11-13)21(24)22-16-5-3-4-6-18(16)29-17/h3-12,23H,1-2H3,(H,22,24). The van der Waals surface area contributed by atoms with E-state index in [2.05, 4.69) is 10.0 Å². The average molecular weight is 426 g/mol. The Morgan fingerprint density at radius 3 is 2.43 bits per heavy atom. The number of nitrogens with one attached hydrogen (secondary N) is 2. The van der Waals surface area contributed by atoms with Gasteiger partial charge in [0.1, 0.15) is 5.75 Å². The molecule has 0 bridgehead atoms. The second-order valence-corrected chi connectivity index (χ2v) is 8.07. The molecule has 8 nitrogen and oxygen atoms in total. The SMILES string of the molecule is COc1ccc(S(=O)(=O)Nc2ccc3c(c2)C(=O)Nc2ccccc2O3)cc1OC. The van der Waals surface area contributed by atoms with Crippen molar-refractivity contribution in [2.75, 3.05) is 24.3 Å². The first-order chi connectivity index (χ1) is 14.4. The maximum atomic E-state index is 12.8. The van der Waals surface area contributed by atoms with Crippen molar-refractivity contribution < 1.29 is 27.4 Å². The van der Waals surface area contributed by atoms with Gasteiger partial charge in [-0.15, -0.1) is 0 Å². The van der Waals surface area contributed by atoms with E-state index in [0.717, 1.165) is 0 Å². The van der Waals surface area contributed by atoms with Crippen LogP contribution in [0.2, 0.25) is 0 Å². The van der Waals surface area contributed by atoms with E-state index in [1.54, 1.807) is 30.3 Å². The molecule has 0 spiro atoms. The lowest BCUT2D eigenvalue weighted by molar-refractivity contribution is 0.102. The molecule has 0 radical (unpaired) electrons. The molecule has 1 aliphatic heterocycles. The lowest BCUT2D eigenvalue weighted by atomic mass is 10.1. The fourth-order valence-corrected chi connectivity index (χ4v) is 4.09. The third-order valence-corrected chi connectivity index (χ3v) is 5.88. The third-order valence-electron chi connectivity index (χ3n) is 4.50. The molecule has 3 aromatic rings. The summed E-state index contributed by atoms with van der Waals surface area (Å²) in [6.07, 6.45) is 0. The zero-order valence-electron chi connectivity index (χ0n) is 16.1. The van der Waals surface area contributed by atoms with Gasteiger partial charge in [-0.3, -0.25) is 9.52 Å². The van der Waals surface area contributed by atoms with Crippen LogP contribution in [0.1, 0.15) is 10.4 Å². The molecule has 4 rings (SSSR count). The summed E-state index contributed by atoms with van der Waals surface area (Å²) in [4.78, 5) is 12.6. The van der Waals surface area contributed by atoms with Crippen LogP contribution in [-0.4, -0.2) is 28.5 Å². The highest BCUT2D eigenvalue weighted by atomic mass is 32.2. The smallest absolute Gasteiger partial charge is 0.262 e. The van der Waals surface area contributed by atoms with E-state index in [4.69, 9.17) is 14.2 Å². The van der Waals surface area contributed by atoms with Crippen molar-refractivity contribution in [3.8, 4) is 23.0 Å². The Bertz CT molecular complexity index is 1240. The molecular formula is C21H18N2O6S. The molecule has 2 N–H and O–H groups in total. The second kappa shape index (κ2) is 7.60. The summed E-state index contributed by atoms with van der Waals surface area (Å²) in [5, 5.41) is 2.76. The summed E-state index contributed by atoms with van der Waals surface area (Å²) in [7, 11) is -1.05. The Hall–Kier alpha value is -3.72. The van der Waals surface area contributed by atoms with Crippen LogP contribution in [0, 0.1) is 0 Å². The molecule has 154 valence electrons. The van der Waals surface area contributed by atoms with Crippen molar-refractivity contribution in [1.82, 2.24) is 0 Å². The van der Waals surface area contributed by atoms with Crippen LogP contribution in [0.25, 0.3) is 0 Å². The summed E-state index contributed by atoms with van der Waals surface area (Å²) in [5.74, 6) is 1.12. The van der Waals surface area contributed by atoms with Gasteiger partial charge >= 0.3 is 0 Å². The number of sulfonamides is 1. The molecule has 0 atom stereocenters. The van der Waals surface area contributed by atoms with Crippen molar-refractivity contribution in [1.29, 1.82) is 0 Å². The molecule has 1 amide bonds. The maximum absolute atomic E-state index is 12.8. The summed E-state index contributed by atoms with van der Waals surface area (Å²) in [5.41, 5.74) is 0.957. The van der Waals surface area contributed by atoms with Gasteiger partial charge in [-0.1, -0.05) is 12.1 Å². The van der Waals surface area contributed by atoms with Gasteiger partial charge in [0.2, 0.25) is 0 Å². The Labute approximate surface area is 173 Å². The number of fused-ring (bicyclic) bond motifs is 2. The van der Waals surface area contributed by atoms with Gasteiger partial charge in [0.25, 0.3) is 15.9 Å². The normalized spacial score (nSPS) is 12.5. The number of benzene rings is 3. The number of anilines is 2. The van der Waals surface area contributed by atoms with Gasteiger partial charge in [0, 0.05) is 11.8 Å². The fourth-order valence-electron chi connectivity index (χ4n) is 3.02. The van der Waals surface area contributed by atoms with E-state index < -0.39 is 15.9 Å². The molecule has 0 fully saturated rings. The van der Waals surface area contributed by atoms with Crippen LogP contribution in [0.4, 0.5) is 11.4 Å². The summed E-state index contributed by atoms with van der Waals surface area (Å²) < 4.78 is 44.2. The van der Waals surface area contributed by atoms with Crippen molar-refractivity contribution in [3.05, 3.63) is 66.2 Å². The summed E-state index contributed by atoms with van der Waals surface area (Å²) in [6.45, 7) is 0. The van der Waals surface area contributed by atoms with E-state index in [9.17, 15) is 13.2 Å². The van der Waals surface area contributed by atoms with Crippen LogP contribution >= 0.6 is 0 Å². The van der Waals surface area contributed by atoms with Gasteiger partial charge in [0.05, 0.1) is 30.4 Å². The zero-order chi connectivity index (χ0) is 21.3. The van der Waals surface area contributed by atoms with Gasteiger partial charge in [-0.2, -0.15) is 0 Å². The zero-order valence-corrected chi connectivity index (χ0v) is 16.9. The van der Waals surface area contributed by atoms with Crippen molar-refractivity contribution in [3.63, 3.8) is 0 Å².